The molecule has 1 spiro atoms. The number of halogens is 2. The number of hydrogen-bond acceptors (Lipinski definition) is 4. The molecule has 0 radical (unpaired) electrons. The molecule has 3 aliphatic rings. The van der Waals surface area contributed by atoms with Gasteiger partial charge in [0.1, 0.15) is 5.03 Å². The number of nitrogens with zero attached hydrogens (tertiary/aromatic N) is 4. The van der Waals surface area contributed by atoms with Crippen molar-refractivity contribution in [2.75, 3.05) is 12.4 Å². The van der Waals surface area contributed by atoms with E-state index in [0.717, 1.165) is 31.4 Å². The number of alkyl halides is 2. The number of hydrogen-bond donors (Lipinski definition) is 2. The average Bonchev–Trinajstić information content (AvgIpc) is 3.08. The van der Waals surface area contributed by atoms with Crippen LogP contribution in [-0.2, 0) is 40.3 Å². The van der Waals surface area contributed by atoms with E-state index in [2.05, 4.69) is 14.8 Å². The van der Waals surface area contributed by atoms with E-state index in [1.165, 1.54) is 67.5 Å². The first-order valence-electron chi connectivity index (χ1n) is 9.66. The Labute approximate surface area is 170 Å². The second-order valence-corrected chi connectivity index (χ2v) is 8.96. The summed E-state index contributed by atoms with van der Waals surface area (Å²) in [6.45, 7) is -2.62. The van der Waals surface area contributed by atoms with Crippen molar-refractivity contribution in [2.24, 2.45) is 9.50 Å². The molecule has 3 N–H and O–H groups in total. The van der Waals surface area contributed by atoms with Gasteiger partial charge in [-0.3, -0.25) is 14.9 Å². The third-order valence-electron chi connectivity index (χ3n) is 5.93. The number of fused-ring (bicyclic) bond motifs is 3. The highest BCUT2D eigenvalue weighted by atomic mass is 32.2. The van der Waals surface area contributed by atoms with E-state index in [9.17, 15) is 13.6 Å². The van der Waals surface area contributed by atoms with E-state index in [-0.39, 0.29) is 0 Å². The van der Waals surface area contributed by atoms with Gasteiger partial charge in [-0.1, -0.05) is 0 Å². The number of aromatic nitrogens is 3. The Morgan fingerprint density at radius 1 is 1.31 bits per heavy atom. The summed E-state index contributed by atoms with van der Waals surface area (Å²) < 4.78 is 28.2. The van der Waals surface area contributed by atoms with Gasteiger partial charge in [-0.25, -0.2) is 9.04 Å². The van der Waals surface area contributed by atoms with E-state index in [1.807, 2.05) is 0 Å². The standard InChI is InChI=1S/C14H16N2O.C5H8F2N4S/c17-8-15-12-9-2-1-3-11(9)16-13-10(12)4-5-14(13)6-7-14;1-9-12(8)4-2-3-11(10-4)5(6)7/h8H,1-7H2,(H,15,16,17);2-3,5H,1H3,(H2,8,9). The fourth-order valence-corrected chi connectivity index (χ4v) is 4.86. The van der Waals surface area contributed by atoms with Crippen LogP contribution in [0.5, 0.6) is 0 Å². The molecule has 2 heterocycles. The summed E-state index contributed by atoms with van der Waals surface area (Å²) in [5.41, 5.74) is 6.75. The molecule has 5 rings (SSSR count). The Balaban J connectivity index is 0.000000152. The SMILES string of the molecule is CN=S(N)c1ccn(C(F)F)n1.O=CNc1c2c(nc3c1CCC31CC1)CCC2. The van der Waals surface area contributed by atoms with Gasteiger partial charge in [0.15, 0.2) is 0 Å². The summed E-state index contributed by atoms with van der Waals surface area (Å²) >= 11 is 0. The van der Waals surface area contributed by atoms with E-state index < -0.39 is 17.4 Å². The summed E-state index contributed by atoms with van der Waals surface area (Å²) in [7, 11) is 0.642. The molecular formula is C19H24F2N6OS. The molecule has 1 amide bonds. The molecule has 2 aromatic heterocycles. The Kier molecular flexibility index (Phi) is 5.48. The maximum atomic E-state index is 12.0. The van der Waals surface area contributed by atoms with Gasteiger partial charge in [-0.15, -0.1) is 0 Å². The molecule has 10 heteroatoms. The fraction of sp³-hybridized carbons (Fsp3) is 0.526. The van der Waals surface area contributed by atoms with Crippen LogP contribution in [0.2, 0.25) is 0 Å². The van der Waals surface area contributed by atoms with Gasteiger partial charge in [0, 0.05) is 35.2 Å². The Morgan fingerprint density at radius 3 is 2.72 bits per heavy atom. The number of rotatable bonds is 4. The number of pyridine rings is 1. The van der Waals surface area contributed by atoms with Crippen molar-refractivity contribution in [3.05, 3.63) is 34.8 Å². The first-order chi connectivity index (χ1) is 14.0. The molecule has 2 aromatic rings. The molecule has 0 aromatic carbocycles. The molecule has 1 atom stereocenters. The van der Waals surface area contributed by atoms with Crippen LogP contribution in [-0.4, -0.2) is 28.2 Å². The van der Waals surface area contributed by atoms with Crippen LogP contribution in [0.3, 0.4) is 0 Å². The van der Waals surface area contributed by atoms with Crippen molar-refractivity contribution < 1.29 is 13.6 Å². The highest BCUT2D eigenvalue weighted by molar-refractivity contribution is 7.84. The molecule has 1 fully saturated rings. The first kappa shape index (κ1) is 20.1. The monoisotopic (exact) mass is 422 g/mol. The molecule has 7 nitrogen and oxygen atoms in total. The number of nitrogens with two attached hydrogens (primary N) is 1. The topological polar surface area (TPSA) is 98.2 Å². The van der Waals surface area contributed by atoms with E-state index >= 15 is 0 Å². The molecular weight excluding hydrogens is 398 g/mol. The number of carbonyl (C=O) groups excluding carboxylic acids is 1. The van der Waals surface area contributed by atoms with Gasteiger partial charge in [0.05, 0.1) is 11.4 Å². The highest BCUT2D eigenvalue weighted by Crippen LogP contribution is 2.58. The van der Waals surface area contributed by atoms with E-state index in [4.69, 9.17) is 10.1 Å². The van der Waals surface area contributed by atoms with Gasteiger partial charge < -0.3 is 5.32 Å². The Bertz CT molecular complexity index is 970. The summed E-state index contributed by atoms with van der Waals surface area (Å²) in [4.78, 5) is 15.8. The third kappa shape index (κ3) is 3.71. The minimum absolute atomic E-state index is 0.373. The van der Waals surface area contributed by atoms with Crippen LogP contribution < -0.4 is 10.5 Å². The number of aryl methyl sites for hydroxylation is 1. The molecule has 1 saturated carbocycles. The lowest BCUT2D eigenvalue weighted by Gasteiger charge is -2.14. The number of nitrogens with one attached hydrogen (secondary N) is 1. The zero-order valence-electron chi connectivity index (χ0n) is 16.2. The van der Waals surface area contributed by atoms with Crippen LogP contribution in [0.15, 0.2) is 21.7 Å². The minimum Gasteiger partial charge on any atom is -0.328 e. The van der Waals surface area contributed by atoms with Crippen LogP contribution in [0.1, 0.15) is 54.7 Å². The predicted molar refractivity (Wildman–Crippen MR) is 107 cm³/mol. The van der Waals surface area contributed by atoms with Crippen molar-refractivity contribution in [3.63, 3.8) is 0 Å². The minimum atomic E-state index is -2.62. The maximum Gasteiger partial charge on any atom is 0.333 e. The van der Waals surface area contributed by atoms with Crippen LogP contribution in [0.25, 0.3) is 0 Å². The zero-order valence-corrected chi connectivity index (χ0v) is 17.0. The number of carbonyl (C=O) groups is 1. The molecule has 0 saturated heterocycles. The van der Waals surface area contributed by atoms with Crippen LogP contribution in [0, 0.1) is 0 Å². The van der Waals surface area contributed by atoms with Gasteiger partial charge in [0.25, 0.3) is 0 Å². The van der Waals surface area contributed by atoms with Crippen LogP contribution >= 0.6 is 0 Å². The smallest absolute Gasteiger partial charge is 0.328 e. The van der Waals surface area contributed by atoms with Crippen molar-refractivity contribution in [2.45, 2.75) is 61.9 Å². The molecule has 156 valence electrons. The summed E-state index contributed by atoms with van der Waals surface area (Å²) in [6.07, 6.45) is 10.3. The molecule has 0 bridgehead atoms. The van der Waals surface area contributed by atoms with Gasteiger partial charge in [0.2, 0.25) is 6.41 Å². The highest BCUT2D eigenvalue weighted by Gasteiger charge is 2.51. The van der Waals surface area contributed by atoms with Gasteiger partial charge in [-0.2, -0.15) is 13.9 Å². The van der Waals surface area contributed by atoms with Gasteiger partial charge >= 0.3 is 6.55 Å². The number of anilines is 1. The Hall–Kier alpha value is -2.20. The Morgan fingerprint density at radius 2 is 2.10 bits per heavy atom. The molecule has 1 unspecified atom stereocenters. The van der Waals surface area contributed by atoms with Crippen molar-refractivity contribution in [1.29, 1.82) is 0 Å². The number of amides is 1. The van der Waals surface area contributed by atoms with Crippen molar-refractivity contribution in [1.82, 2.24) is 14.8 Å². The normalized spacial score (nSPS) is 18.9. The molecule has 0 aliphatic heterocycles. The molecule has 29 heavy (non-hydrogen) atoms. The lowest BCUT2D eigenvalue weighted by Crippen LogP contribution is -2.09. The second-order valence-electron chi connectivity index (χ2n) is 7.54. The largest absolute Gasteiger partial charge is 0.333 e. The van der Waals surface area contributed by atoms with E-state index in [1.54, 1.807) is 0 Å². The zero-order chi connectivity index (χ0) is 20.6. The lowest BCUT2D eigenvalue weighted by molar-refractivity contribution is -0.105. The first-order valence-corrected chi connectivity index (χ1v) is 10.9. The fourth-order valence-electron chi connectivity index (χ4n) is 4.29. The summed E-state index contributed by atoms with van der Waals surface area (Å²) in [6, 6.07) is 1.43. The summed E-state index contributed by atoms with van der Waals surface area (Å²) in [5.74, 6) is 0. The summed E-state index contributed by atoms with van der Waals surface area (Å²) in [5, 5.41) is 12.3. The molecule has 3 aliphatic carbocycles. The lowest BCUT2D eigenvalue weighted by atomic mass is 10.0. The predicted octanol–water partition coefficient (Wildman–Crippen LogP) is 3.06. The van der Waals surface area contributed by atoms with Crippen LogP contribution in [0.4, 0.5) is 14.5 Å². The second kappa shape index (κ2) is 7.91. The quantitative estimate of drug-likeness (QED) is 0.740. The van der Waals surface area contributed by atoms with Crippen molar-refractivity contribution >= 4 is 23.0 Å². The van der Waals surface area contributed by atoms with E-state index in [0.29, 0.717) is 15.1 Å². The maximum absolute atomic E-state index is 12.0. The average molecular weight is 423 g/mol. The van der Waals surface area contributed by atoms with Gasteiger partial charge in [-0.05, 0) is 62.1 Å². The van der Waals surface area contributed by atoms with Crippen molar-refractivity contribution in [3.8, 4) is 0 Å². The third-order valence-corrected chi connectivity index (χ3v) is 6.97.